The van der Waals surface area contributed by atoms with Crippen LogP contribution in [0.2, 0.25) is 0 Å². The molecule has 1 aliphatic rings. The lowest BCUT2D eigenvalue weighted by Gasteiger charge is -2.10. The van der Waals surface area contributed by atoms with Crippen molar-refractivity contribution in [1.82, 2.24) is 9.55 Å². The van der Waals surface area contributed by atoms with Gasteiger partial charge in [-0.2, -0.15) is 0 Å². The molecule has 1 aliphatic heterocycles. The van der Waals surface area contributed by atoms with Crippen LogP contribution in [-0.2, 0) is 19.4 Å². The van der Waals surface area contributed by atoms with Crippen molar-refractivity contribution in [2.45, 2.75) is 25.8 Å². The van der Waals surface area contributed by atoms with Crippen molar-refractivity contribution >= 4 is 16.7 Å². The zero-order valence-electron chi connectivity index (χ0n) is 13.0. The molecule has 5 heteroatoms. The Hall–Kier alpha value is -2.95. The van der Waals surface area contributed by atoms with Crippen molar-refractivity contribution in [1.29, 1.82) is 0 Å². The largest absolute Gasteiger partial charge is 0.506 e. The maximum Gasteiger partial charge on any atom is 0.265 e. The molecule has 1 N–H and O–H groups in total. The third-order valence-electron chi connectivity index (χ3n) is 4.61. The van der Waals surface area contributed by atoms with E-state index in [0.717, 1.165) is 23.1 Å². The average molecular weight is 320 g/mol. The number of aromatic nitrogens is 2. The van der Waals surface area contributed by atoms with Crippen LogP contribution in [0.15, 0.2) is 47.5 Å². The van der Waals surface area contributed by atoms with Crippen LogP contribution in [0.4, 0.5) is 0 Å². The van der Waals surface area contributed by atoms with Crippen molar-refractivity contribution < 1.29 is 9.90 Å². The molecule has 0 radical (unpaired) electrons. The molecule has 5 nitrogen and oxygen atoms in total. The number of para-hydroxylation sites is 1. The fourth-order valence-corrected chi connectivity index (χ4v) is 3.40. The summed E-state index contributed by atoms with van der Waals surface area (Å²) in [5.41, 5.74) is 2.30. The van der Waals surface area contributed by atoms with Crippen LogP contribution in [0.25, 0.3) is 10.9 Å². The van der Waals surface area contributed by atoms with E-state index in [1.807, 2.05) is 24.3 Å². The highest BCUT2D eigenvalue weighted by Gasteiger charge is 2.25. The molecular formula is C19H16N2O3. The van der Waals surface area contributed by atoms with E-state index >= 15 is 0 Å². The third kappa shape index (κ3) is 2.21. The Balaban J connectivity index is 1.75. The van der Waals surface area contributed by atoms with Crippen LogP contribution < -0.4 is 5.56 Å². The van der Waals surface area contributed by atoms with E-state index in [1.165, 1.54) is 0 Å². The first-order valence-electron chi connectivity index (χ1n) is 7.96. The van der Waals surface area contributed by atoms with Crippen LogP contribution in [-0.4, -0.2) is 20.4 Å². The van der Waals surface area contributed by atoms with Gasteiger partial charge in [0, 0.05) is 30.7 Å². The summed E-state index contributed by atoms with van der Waals surface area (Å²) in [4.78, 5) is 29.2. The van der Waals surface area contributed by atoms with Gasteiger partial charge in [0.15, 0.2) is 5.78 Å². The number of hydrogen-bond donors (Lipinski definition) is 1. The van der Waals surface area contributed by atoms with Gasteiger partial charge in [0.2, 0.25) is 0 Å². The summed E-state index contributed by atoms with van der Waals surface area (Å²) in [5, 5.41) is 11.1. The molecule has 0 fully saturated rings. The average Bonchev–Trinajstić information content (AvgIpc) is 3.04. The third-order valence-corrected chi connectivity index (χ3v) is 4.61. The van der Waals surface area contributed by atoms with Gasteiger partial charge in [-0.15, -0.1) is 0 Å². The second kappa shape index (κ2) is 5.60. The monoisotopic (exact) mass is 320 g/mol. The van der Waals surface area contributed by atoms with E-state index in [4.69, 9.17) is 0 Å². The van der Waals surface area contributed by atoms with Crippen LogP contribution in [0.5, 0.6) is 5.75 Å². The molecule has 0 spiro atoms. The SMILES string of the molecule is O=C(CCc1ccncc1)c1c(O)c2cccc3c2n(c1=O)CC3. The molecule has 0 saturated carbocycles. The summed E-state index contributed by atoms with van der Waals surface area (Å²) < 4.78 is 1.62. The van der Waals surface area contributed by atoms with Crippen molar-refractivity contribution in [3.05, 3.63) is 69.8 Å². The van der Waals surface area contributed by atoms with Crippen molar-refractivity contribution in [3.63, 3.8) is 0 Å². The fraction of sp³-hybridized carbons (Fsp3) is 0.211. The first-order chi connectivity index (χ1) is 11.7. The van der Waals surface area contributed by atoms with E-state index in [0.29, 0.717) is 18.4 Å². The number of benzene rings is 1. The van der Waals surface area contributed by atoms with Crippen LogP contribution >= 0.6 is 0 Å². The van der Waals surface area contributed by atoms with E-state index in [2.05, 4.69) is 4.98 Å². The Morgan fingerprint density at radius 3 is 2.79 bits per heavy atom. The van der Waals surface area contributed by atoms with Crippen LogP contribution in [0.1, 0.15) is 27.9 Å². The number of carbonyl (C=O) groups excluding carboxylic acids is 1. The highest BCUT2D eigenvalue weighted by atomic mass is 16.3. The van der Waals surface area contributed by atoms with Crippen LogP contribution in [0.3, 0.4) is 0 Å². The van der Waals surface area contributed by atoms with Gasteiger partial charge in [-0.1, -0.05) is 12.1 Å². The second-order valence-electron chi connectivity index (χ2n) is 6.02. The Morgan fingerprint density at radius 2 is 2.00 bits per heavy atom. The van der Waals surface area contributed by atoms with E-state index in [9.17, 15) is 14.7 Å². The minimum absolute atomic E-state index is 0.0874. The molecule has 0 saturated heterocycles. The molecule has 4 rings (SSSR count). The highest BCUT2D eigenvalue weighted by molar-refractivity contribution is 6.04. The zero-order chi connectivity index (χ0) is 16.7. The molecule has 2 aromatic heterocycles. The standard InChI is InChI=1S/C19H16N2O3/c22-15(5-4-12-6-9-20-10-7-12)16-18(23)14-3-1-2-13-8-11-21(17(13)14)19(16)24/h1-3,6-7,9-10,23H,4-5,8,11H2. The molecule has 0 aliphatic carbocycles. The number of carbonyl (C=O) groups is 1. The zero-order valence-corrected chi connectivity index (χ0v) is 13.0. The van der Waals surface area contributed by atoms with E-state index in [1.54, 1.807) is 23.0 Å². The molecule has 120 valence electrons. The van der Waals surface area contributed by atoms with Gasteiger partial charge in [0.25, 0.3) is 5.56 Å². The summed E-state index contributed by atoms with van der Waals surface area (Å²) in [7, 11) is 0. The molecule has 24 heavy (non-hydrogen) atoms. The Bertz CT molecular complexity index is 1010. The summed E-state index contributed by atoms with van der Waals surface area (Å²) in [6, 6.07) is 9.24. The maximum atomic E-state index is 12.7. The molecule has 3 heterocycles. The number of Topliss-reactive ketones (excluding diaryl/α,β-unsaturated/α-hetero) is 1. The topological polar surface area (TPSA) is 72.2 Å². The van der Waals surface area contributed by atoms with Crippen LogP contribution in [0, 0.1) is 0 Å². The number of ketones is 1. The van der Waals surface area contributed by atoms with E-state index in [-0.39, 0.29) is 29.1 Å². The molecule has 0 unspecified atom stereocenters. The van der Waals surface area contributed by atoms with Gasteiger partial charge in [0.05, 0.1) is 5.52 Å². The van der Waals surface area contributed by atoms with Gasteiger partial charge >= 0.3 is 0 Å². The first kappa shape index (κ1) is 14.6. The summed E-state index contributed by atoms with van der Waals surface area (Å²) in [5.74, 6) is -0.507. The van der Waals surface area contributed by atoms with Crippen molar-refractivity contribution in [3.8, 4) is 5.75 Å². The predicted octanol–water partition coefficient (Wildman–Crippen LogP) is 2.47. The van der Waals surface area contributed by atoms with Crippen molar-refractivity contribution in [2.24, 2.45) is 0 Å². The molecule has 3 aromatic rings. The second-order valence-corrected chi connectivity index (χ2v) is 6.02. The van der Waals surface area contributed by atoms with Gasteiger partial charge in [-0.3, -0.25) is 14.6 Å². The normalized spacial score (nSPS) is 12.7. The Kier molecular flexibility index (Phi) is 3.41. The number of nitrogens with zero attached hydrogens (tertiary/aromatic N) is 2. The summed E-state index contributed by atoms with van der Waals surface area (Å²) >= 11 is 0. The quantitative estimate of drug-likeness (QED) is 0.750. The first-order valence-corrected chi connectivity index (χ1v) is 7.96. The lowest BCUT2D eigenvalue weighted by molar-refractivity contribution is 0.0978. The number of aryl methyl sites for hydroxylation is 3. The number of pyridine rings is 2. The molecular weight excluding hydrogens is 304 g/mol. The maximum absolute atomic E-state index is 12.7. The predicted molar refractivity (Wildman–Crippen MR) is 90.5 cm³/mol. The fourth-order valence-electron chi connectivity index (χ4n) is 3.40. The molecule has 0 atom stereocenters. The molecule has 1 aromatic carbocycles. The Morgan fingerprint density at radius 1 is 1.21 bits per heavy atom. The number of aromatic hydroxyl groups is 1. The smallest absolute Gasteiger partial charge is 0.265 e. The van der Waals surface area contributed by atoms with Gasteiger partial charge in [-0.25, -0.2) is 0 Å². The Labute approximate surface area is 138 Å². The van der Waals surface area contributed by atoms with E-state index < -0.39 is 0 Å². The summed E-state index contributed by atoms with van der Waals surface area (Å²) in [6.07, 6.45) is 4.78. The lowest BCUT2D eigenvalue weighted by Crippen LogP contribution is -2.25. The number of rotatable bonds is 4. The molecule has 0 bridgehead atoms. The number of hydrogen-bond acceptors (Lipinski definition) is 4. The lowest BCUT2D eigenvalue weighted by atomic mass is 10.0. The molecule has 0 amide bonds. The minimum atomic E-state index is -0.385. The van der Waals surface area contributed by atoms with Gasteiger partial charge in [-0.05, 0) is 42.2 Å². The van der Waals surface area contributed by atoms with Gasteiger partial charge < -0.3 is 9.67 Å². The summed E-state index contributed by atoms with van der Waals surface area (Å²) in [6.45, 7) is 0.555. The van der Waals surface area contributed by atoms with Crippen molar-refractivity contribution in [2.75, 3.05) is 0 Å². The highest BCUT2D eigenvalue weighted by Crippen LogP contribution is 2.32. The minimum Gasteiger partial charge on any atom is -0.506 e. The van der Waals surface area contributed by atoms with Gasteiger partial charge in [0.1, 0.15) is 11.3 Å².